The van der Waals surface area contributed by atoms with Gasteiger partial charge in [0.05, 0.1) is 12.7 Å². The predicted molar refractivity (Wildman–Crippen MR) is 130 cm³/mol. The topological polar surface area (TPSA) is 191 Å². The second kappa shape index (κ2) is 13.5. The lowest BCUT2D eigenvalue weighted by molar-refractivity contribution is -0.0447. The summed E-state index contributed by atoms with van der Waals surface area (Å²) in [7, 11) is -13.3. The van der Waals surface area contributed by atoms with Crippen LogP contribution < -0.4 is 0 Å². The van der Waals surface area contributed by atoms with Crippen LogP contribution in [0.1, 0.15) is 24.3 Å². The van der Waals surface area contributed by atoms with Crippen molar-refractivity contribution in [2.75, 3.05) is 12.4 Å². The van der Waals surface area contributed by atoms with Crippen LogP contribution in [0.25, 0.3) is 0 Å². The Hall–Kier alpha value is 0.975. The molecule has 2 rings (SSSR count). The van der Waals surface area contributed by atoms with E-state index in [1.54, 1.807) is 40.5 Å². The van der Waals surface area contributed by atoms with Gasteiger partial charge in [-0.2, -0.15) is 31.0 Å². The van der Waals surface area contributed by atoms with Crippen molar-refractivity contribution in [1.82, 2.24) is 4.98 Å². The predicted octanol–water partition coefficient (Wildman–Crippen LogP) is 3.38. The normalized spacial score (nSPS) is 25.8. The molecule has 1 radical (unpaired) electrons. The number of aromatic nitrogens is 1. The molecular weight excluding hydrogens is 657 g/mol. The third-order valence-electron chi connectivity index (χ3n) is 3.74. The summed E-state index contributed by atoms with van der Waals surface area (Å²) in [5.41, 5.74) is 0.443. The molecule has 187 valence electrons. The summed E-state index contributed by atoms with van der Waals surface area (Å²) in [5.74, 6) is 0.830. The molecule has 0 bridgehead atoms. The minimum atomic E-state index is -5.60. The minimum absolute atomic E-state index is 0.355. The summed E-state index contributed by atoms with van der Waals surface area (Å²) in [4.78, 5) is 40.2. The SMILES string of the molecule is CCSSC(OC1CC([B]I)OC1COP(=O)(O)OP(=O)(O)OP(=O)(O)O)c1ccncc1. The lowest BCUT2D eigenvalue weighted by Gasteiger charge is -2.25. The van der Waals surface area contributed by atoms with Crippen LogP contribution in [0.15, 0.2) is 24.5 Å². The molecule has 4 N–H and O–H groups in total. The van der Waals surface area contributed by atoms with Gasteiger partial charge in [0.15, 0.2) is 0 Å². The highest BCUT2D eigenvalue weighted by atomic mass is 127. The molecule has 1 aromatic heterocycles. The van der Waals surface area contributed by atoms with Gasteiger partial charge in [0.2, 0.25) is 5.14 Å². The molecule has 6 unspecified atom stereocenters. The number of hydrogen-bond donors (Lipinski definition) is 4. The molecule has 0 aliphatic carbocycles. The van der Waals surface area contributed by atoms with Crippen molar-refractivity contribution in [1.29, 1.82) is 0 Å². The van der Waals surface area contributed by atoms with Gasteiger partial charge in [-0.3, -0.25) is 9.51 Å². The van der Waals surface area contributed by atoms with E-state index in [1.165, 1.54) is 10.8 Å². The fourth-order valence-electron chi connectivity index (χ4n) is 2.56. The molecule has 1 aliphatic heterocycles. The zero-order chi connectivity index (χ0) is 24.7. The first kappa shape index (κ1) is 30.2. The average molecular weight is 678 g/mol. The Labute approximate surface area is 212 Å². The van der Waals surface area contributed by atoms with Crippen molar-refractivity contribution in [2.24, 2.45) is 0 Å². The fourth-order valence-corrected chi connectivity index (χ4v) is 8.01. The summed E-state index contributed by atoms with van der Waals surface area (Å²) in [6.45, 7) is 1.41. The van der Waals surface area contributed by atoms with E-state index >= 15 is 0 Å². The molecule has 1 saturated heterocycles. The van der Waals surface area contributed by atoms with E-state index in [0.717, 1.165) is 11.3 Å². The highest BCUT2D eigenvalue weighted by Crippen LogP contribution is 2.66. The van der Waals surface area contributed by atoms with Crippen molar-refractivity contribution >= 4 is 72.6 Å². The zero-order valence-electron chi connectivity index (χ0n) is 16.9. The Morgan fingerprint density at radius 3 is 2.45 bits per heavy atom. The standard InChI is InChI=1S/C13H21BINO12P3S2/c1-2-32-33-13(9-3-5-16-6-4-9)26-10-7-12(14-15)25-11(10)8-24-30(20,21)28-31(22,23)27-29(17,18)19/h3-6,10-13H,2,7-8H2,1H3,(H,20,21)(H,22,23)(H2,17,18,19). The monoisotopic (exact) mass is 678 g/mol. The Morgan fingerprint density at radius 2 is 1.88 bits per heavy atom. The Kier molecular flexibility index (Phi) is 12.4. The smallest absolute Gasteiger partial charge is 0.378 e. The molecule has 6 atom stereocenters. The summed E-state index contributed by atoms with van der Waals surface area (Å²) >= 11 is 2.00. The number of hydrogen-bond acceptors (Lipinski definition) is 11. The van der Waals surface area contributed by atoms with E-state index in [1.807, 2.05) is 29.3 Å². The van der Waals surface area contributed by atoms with E-state index in [-0.39, 0.29) is 6.00 Å². The molecule has 0 amide bonds. The first-order valence-electron chi connectivity index (χ1n) is 9.05. The molecule has 20 heteroatoms. The largest absolute Gasteiger partial charge is 0.490 e. The van der Waals surface area contributed by atoms with Crippen molar-refractivity contribution in [3.05, 3.63) is 30.1 Å². The number of nitrogens with zero attached hydrogens (tertiary/aromatic N) is 1. The lowest BCUT2D eigenvalue weighted by Crippen LogP contribution is -2.29. The van der Waals surface area contributed by atoms with Crippen molar-refractivity contribution in [3.8, 4) is 0 Å². The van der Waals surface area contributed by atoms with Crippen LogP contribution in [0.2, 0.25) is 0 Å². The maximum Gasteiger partial charge on any atom is 0.490 e. The van der Waals surface area contributed by atoms with Gasteiger partial charge in [0.1, 0.15) is 11.5 Å². The van der Waals surface area contributed by atoms with Gasteiger partial charge in [-0.15, -0.1) is 0 Å². The second-order valence-electron chi connectivity index (χ2n) is 6.25. The second-order valence-corrected chi connectivity index (χ2v) is 14.1. The summed E-state index contributed by atoms with van der Waals surface area (Å²) in [5, 5.41) is 1.74. The number of halogens is 1. The number of pyridine rings is 1. The molecule has 0 aromatic carbocycles. The van der Waals surface area contributed by atoms with E-state index in [2.05, 4.69) is 13.6 Å². The average Bonchev–Trinajstić information content (AvgIpc) is 3.09. The van der Waals surface area contributed by atoms with Crippen LogP contribution in [0.4, 0.5) is 0 Å². The van der Waals surface area contributed by atoms with Gasteiger partial charge in [0, 0.05) is 24.1 Å². The van der Waals surface area contributed by atoms with Crippen molar-refractivity contribution in [2.45, 2.75) is 37.0 Å². The number of ether oxygens (including phenoxy) is 2. The van der Waals surface area contributed by atoms with E-state index in [9.17, 15) is 23.5 Å². The fraction of sp³-hybridized carbons (Fsp3) is 0.615. The number of phosphoric ester groups is 1. The highest BCUT2D eigenvalue weighted by Gasteiger charge is 2.43. The van der Waals surface area contributed by atoms with Gasteiger partial charge in [-0.1, -0.05) is 28.5 Å². The van der Waals surface area contributed by atoms with Crippen molar-refractivity contribution in [3.63, 3.8) is 0 Å². The summed E-state index contributed by atoms with van der Waals surface area (Å²) in [6, 6.07) is 3.24. The molecule has 33 heavy (non-hydrogen) atoms. The molecular formula is C13H21BINO12P3S2. The Balaban J connectivity index is 2.06. The van der Waals surface area contributed by atoms with E-state index < -0.39 is 47.7 Å². The molecule has 2 heterocycles. The van der Waals surface area contributed by atoms with Crippen LogP contribution in [-0.2, 0) is 36.3 Å². The zero-order valence-corrected chi connectivity index (χ0v) is 23.3. The van der Waals surface area contributed by atoms with Crippen LogP contribution in [0.5, 0.6) is 0 Å². The molecule has 1 fully saturated rings. The maximum atomic E-state index is 12.0. The van der Waals surface area contributed by atoms with E-state index in [4.69, 9.17) is 23.8 Å². The first-order chi connectivity index (χ1) is 15.3. The molecule has 1 aromatic rings. The van der Waals surface area contributed by atoms with E-state index in [0.29, 0.717) is 6.42 Å². The molecule has 0 spiro atoms. The summed E-state index contributed by atoms with van der Waals surface area (Å²) < 4.78 is 58.4. The van der Waals surface area contributed by atoms with Gasteiger partial charge in [0.25, 0.3) is 0 Å². The number of phosphoric acid groups is 3. The maximum absolute atomic E-state index is 12.0. The minimum Gasteiger partial charge on any atom is -0.378 e. The molecule has 0 saturated carbocycles. The van der Waals surface area contributed by atoms with Gasteiger partial charge < -0.3 is 29.0 Å². The van der Waals surface area contributed by atoms with Gasteiger partial charge >= 0.3 is 23.5 Å². The van der Waals surface area contributed by atoms with Crippen LogP contribution >= 0.6 is 67.4 Å². The van der Waals surface area contributed by atoms with Crippen LogP contribution in [0.3, 0.4) is 0 Å². The number of rotatable bonds is 14. The summed E-state index contributed by atoms with van der Waals surface area (Å²) in [6.07, 6.45) is 2.22. The first-order valence-corrected chi connectivity index (χ1v) is 17.2. The Bertz CT molecular complexity index is 901. The highest BCUT2D eigenvalue weighted by molar-refractivity contribution is 14.1. The van der Waals surface area contributed by atoms with Crippen LogP contribution in [0, 0.1) is 0 Å². The van der Waals surface area contributed by atoms with Gasteiger partial charge in [-0.05, 0) is 24.1 Å². The third-order valence-corrected chi connectivity index (χ3v) is 10.9. The lowest BCUT2D eigenvalue weighted by atomic mass is 9.96. The van der Waals surface area contributed by atoms with Crippen LogP contribution in [-0.4, -0.2) is 60.3 Å². The van der Waals surface area contributed by atoms with Gasteiger partial charge in [-0.25, -0.2) is 13.7 Å². The quantitative estimate of drug-likeness (QED) is 0.0736. The Morgan fingerprint density at radius 1 is 1.21 bits per heavy atom. The molecule has 1 aliphatic rings. The third kappa shape index (κ3) is 11.3. The molecule has 13 nitrogen and oxygen atoms in total. The van der Waals surface area contributed by atoms with Crippen molar-refractivity contribution < 1.29 is 55.9 Å².